The highest BCUT2D eigenvalue weighted by Gasteiger charge is 2.04. The number of anilines is 3. The zero-order chi connectivity index (χ0) is 13.6. The monoisotopic (exact) mass is 266 g/mol. The fourth-order valence-electron chi connectivity index (χ4n) is 0.541. The number of nitrogens with one attached hydrogen (secondary N) is 1. The minimum Gasteiger partial charge on any atom is -0.368 e. The molecule has 1 aromatic rings. The minimum atomic E-state index is -4.57. The van der Waals surface area contributed by atoms with E-state index < -0.39 is 16.4 Å². The van der Waals surface area contributed by atoms with E-state index in [1.165, 1.54) is 0 Å². The van der Waals surface area contributed by atoms with Crippen molar-refractivity contribution in [1.82, 2.24) is 15.0 Å². The molecule has 0 aromatic carbocycles. The summed E-state index contributed by atoms with van der Waals surface area (Å²) in [7, 11) is -4.57. The Morgan fingerprint density at radius 2 is 1.41 bits per heavy atom. The molecule has 0 atom stereocenters. The first-order valence-electron chi connectivity index (χ1n) is 3.63. The third kappa shape index (κ3) is 8.58. The Morgan fingerprint density at radius 3 is 1.53 bits per heavy atom. The lowest BCUT2D eigenvalue weighted by Gasteiger charge is -1.93. The standard InChI is InChI=1S/C3H6N6.CH4N2O4S/c4-1-7-2(5)9-3(6)8-1;2-1(3)7-8(4,5)6/h(H6,4,5,6,7,8,9);(H3,2,3)(H,4,5,6). The Morgan fingerprint density at radius 1 is 1.12 bits per heavy atom. The third-order valence-electron chi connectivity index (χ3n) is 0.882. The van der Waals surface area contributed by atoms with Crippen LogP contribution in [0.15, 0.2) is 0 Å². The SMILES string of the molecule is N=C(N)OS(=O)(=O)O.Nc1nc(N)nc(N)n1. The van der Waals surface area contributed by atoms with Crippen molar-refractivity contribution in [2.75, 3.05) is 17.2 Å². The molecule has 10 N–H and O–H groups in total. The molecular weight excluding hydrogens is 256 g/mol. The lowest BCUT2D eigenvalue weighted by atomic mass is 10.9. The van der Waals surface area contributed by atoms with Crippen molar-refractivity contribution < 1.29 is 17.2 Å². The normalized spacial score (nSPS) is 9.94. The van der Waals surface area contributed by atoms with Crippen molar-refractivity contribution in [2.24, 2.45) is 5.73 Å². The van der Waals surface area contributed by atoms with Gasteiger partial charge in [-0.05, 0) is 0 Å². The van der Waals surface area contributed by atoms with E-state index in [4.69, 9.17) is 27.2 Å². The second-order valence-corrected chi connectivity index (χ2v) is 3.31. The fourth-order valence-corrected chi connectivity index (χ4v) is 0.767. The summed E-state index contributed by atoms with van der Waals surface area (Å²) in [6.45, 7) is 0. The summed E-state index contributed by atoms with van der Waals surface area (Å²) in [4.78, 5) is 10.5. The van der Waals surface area contributed by atoms with E-state index in [1.54, 1.807) is 0 Å². The number of nitrogens with two attached hydrogens (primary N) is 4. The fraction of sp³-hybridized carbons (Fsp3) is 0. The smallest absolute Gasteiger partial charge is 0.368 e. The number of amidine groups is 1. The van der Waals surface area contributed by atoms with Gasteiger partial charge in [0.15, 0.2) is 0 Å². The van der Waals surface area contributed by atoms with E-state index >= 15 is 0 Å². The first kappa shape index (κ1) is 14.6. The Kier molecular flexibility index (Phi) is 4.82. The maximum absolute atomic E-state index is 9.55. The predicted octanol–water partition coefficient (Wildman–Crippen LogP) is -2.68. The highest BCUT2D eigenvalue weighted by molar-refractivity contribution is 7.81. The molecule has 0 radical (unpaired) electrons. The molecule has 1 aromatic heterocycles. The van der Waals surface area contributed by atoms with Crippen molar-refractivity contribution in [3.05, 3.63) is 0 Å². The van der Waals surface area contributed by atoms with E-state index in [2.05, 4.69) is 24.9 Å². The highest BCUT2D eigenvalue weighted by Crippen LogP contribution is 1.97. The lowest BCUT2D eigenvalue weighted by Crippen LogP contribution is -2.18. The molecular formula is C4H10N8O4S. The Labute approximate surface area is 95.5 Å². The van der Waals surface area contributed by atoms with E-state index in [9.17, 15) is 8.42 Å². The lowest BCUT2D eigenvalue weighted by molar-refractivity contribution is 0.379. The Bertz CT molecular complexity index is 450. The molecule has 1 heterocycles. The van der Waals surface area contributed by atoms with E-state index in [1.807, 2.05) is 0 Å². The van der Waals surface area contributed by atoms with Gasteiger partial charge in [-0.2, -0.15) is 23.4 Å². The van der Waals surface area contributed by atoms with E-state index in [0.29, 0.717) is 0 Å². The molecule has 0 unspecified atom stereocenters. The van der Waals surface area contributed by atoms with Gasteiger partial charge < -0.3 is 27.1 Å². The van der Waals surface area contributed by atoms with Crippen LogP contribution in [0.2, 0.25) is 0 Å². The second kappa shape index (κ2) is 5.61. The number of rotatable bonds is 1. The van der Waals surface area contributed by atoms with Crippen LogP contribution in [-0.2, 0) is 14.6 Å². The third-order valence-corrected chi connectivity index (χ3v) is 1.27. The molecule has 0 aliphatic carbocycles. The van der Waals surface area contributed by atoms with Gasteiger partial charge >= 0.3 is 10.4 Å². The molecule has 0 aliphatic heterocycles. The molecule has 0 saturated heterocycles. The van der Waals surface area contributed by atoms with E-state index in [-0.39, 0.29) is 17.8 Å². The van der Waals surface area contributed by atoms with Crippen molar-refractivity contribution >= 4 is 34.3 Å². The summed E-state index contributed by atoms with van der Waals surface area (Å²) in [6, 6.07) is -1.06. The molecule has 0 bridgehead atoms. The highest BCUT2D eigenvalue weighted by atomic mass is 32.3. The molecule has 0 aliphatic rings. The molecule has 17 heavy (non-hydrogen) atoms. The molecule has 0 fully saturated rings. The van der Waals surface area contributed by atoms with Crippen LogP contribution in [0.25, 0.3) is 0 Å². The Balaban J connectivity index is 0.000000304. The second-order valence-electron chi connectivity index (χ2n) is 2.29. The number of aromatic nitrogens is 3. The van der Waals surface area contributed by atoms with Crippen LogP contribution in [0.3, 0.4) is 0 Å². The van der Waals surface area contributed by atoms with Gasteiger partial charge in [0, 0.05) is 0 Å². The molecule has 96 valence electrons. The summed E-state index contributed by atoms with van der Waals surface area (Å²) < 4.78 is 30.2. The maximum Gasteiger partial charge on any atom is 0.449 e. The van der Waals surface area contributed by atoms with Crippen molar-refractivity contribution in [3.8, 4) is 0 Å². The summed E-state index contributed by atoms with van der Waals surface area (Å²) in [5.41, 5.74) is 19.8. The van der Waals surface area contributed by atoms with Crippen LogP contribution in [0.5, 0.6) is 0 Å². The first-order valence-corrected chi connectivity index (χ1v) is 5.00. The van der Waals surface area contributed by atoms with Crippen LogP contribution in [0.1, 0.15) is 0 Å². The molecule has 1 rings (SSSR count). The van der Waals surface area contributed by atoms with Gasteiger partial charge in [0.05, 0.1) is 0 Å². The maximum atomic E-state index is 9.55. The van der Waals surface area contributed by atoms with E-state index in [0.717, 1.165) is 0 Å². The van der Waals surface area contributed by atoms with Crippen LogP contribution < -0.4 is 22.9 Å². The summed E-state index contributed by atoms with van der Waals surface area (Å²) in [5.74, 6) is 0.125. The largest absolute Gasteiger partial charge is 0.449 e. The average Bonchev–Trinajstić information content (AvgIpc) is 1.95. The number of hydrogen-bond acceptors (Lipinski definition) is 10. The van der Waals surface area contributed by atoms with Gasteiger partial charge in [0.25, 0.3) is 6.02 Å². The summed E-state index contributed by atoms with van der Waals surface area (Å²) >= 11 is 0. The Hall–Kier alpha value is -2.41. The topological polar surface area (TPSA) is 230 Å². The molecule has 13 heteroatoms. The quantitative estimate of drug-likeness (QED) is 0.174. The zero-order valence-corrected chi connectivity index (χ0v) is 9.05. The average molecular weight is 266 g/mol. The number of hydrogen-bond donors (Lipinski definition) is 6. The molecule has 0 spiro atoms. The molecule has 0 saturated carbocycles. The van der Waals surface area contributed by atoms with Crippen molar-refractivity contribution in [3.63, 3.8) is 0 Å². The predicted molar refractivity (Wildman–Crippen MR) is 57.6 cm³/mol. The van der Waals surface area contributed by atoms with Gasteiger partial charge in [0.1, 0.15) is 0 Å². The first-order chi connectivity index (χ1) is 7.60. The van der Waals surface area contributed by atoms with Gasteiger partial charge in [-0.25, -0.2) is 0 Å². The van der Waals surface area contributed by atoms with Gasteiger partial charge in [-0.3, -0.25) is 9.96 Å². The number of nitrogen functional groups attached to an aromatic ring is 3. The summed E-state index contributed by atoms with van der Waals surface area (Å²) in [5, 5.41) is 6.17. The summed E-state index contributed by atoms with van der Waals surface area (Å²) in [6.07, 6.45) is 0. The zero-order valence-electron chi connectivity index (χ0n) is 8.23. The van der Waals surface area contributed by atoms with Gasteiger partial charge in [-0.1, -0.05) is 0 Å². The van der Waals surface area contributed by atoms with Crippen LogP contribution >= 0.6 is 0 Å². The molecule has 0 amide bonds. The number of nitrogens with zero attached hydrogens (tertiary/aromatic N) is 3. The molecule has 12 nitrogen and oxygen atoms in total. The van der Waals surface area contributed by atoms with Crippen molar-refractivity contribution in [2.45, 2.75) is 0 Å². The van der Waals surface area contributed by atoms with Gasteiger partial charge in [0.2, 0.25) is 17.8 Å². The van der Waals surface area contributed by atoms with Gasteiger partial charge in [-0.15, -0.1) is 0 Å². The van der Waals surface area contributed by atoms with Crippen LogP contribution in [0.4, 0.5) is 17.8 Å². The minimum absolute atomic E-state index is 0.0417. The van der Waals surface area contributed by atoms with Crippen LogP contribution in [0, 0.1) is 5.41 Å². The van der Waals surface area contributed by atoms with Crippen molar-refractivity contribution in [1.29, 1.82) is 5.41 Å². The van der Waals surface area contributed by atoms with Crippen LogP contribution in [-0.4, -0.2) is 33.9 Å².